The van der Waals surface area contributed by atoms with E-state index in [0.29, 0.717) is 26.5 Å². The molecule has 1 atom stereocenters. The minimum absolute atomic E-state index is 0.0663. The van der Waals surface area contributed by atoms with Gasteiger partial charge in [0.15, 0.2) is 11.6 Å². The van der Waals surface area contributed by atoms with Crippen LogP contribution in [0.15, 0.2) is 83.0 Å². The second kappa shape index (κ2) is 7.89. The van der Waals surface area contributed by atoms with Crippen molar-refractivity contribution >= 4 is 56.3 Å². The quantitative estimate of drug-likeness (QED) is 0.146. The molecule has 4 heterocycles. The molecule has 1 aliphatic carbocycles. The highest BCUT2D eigenvalue weighted by Crippen LogP contribution is 2.64. The molecule has 0 spiro atoms. The third kappa shape index (κ3) is 2.97. The minimum atomic E-state index is -4.61. The summed E-state index contributed by atoms with van der Waals surface area (Å²) in [5, 5.41) is 1.13. The molecule has 42 heavy (non-hydrogen) atoms. The van der Waals surface area contributed by atoms with Crippen LogP contribution < -0.4 is 4.90 Å². The highest BCUT2D eigenvalue weighted by atomic mass is 32.1. The van der Waals surface area contributed by atoms with Crippen molar-refractivity contribution in [1.82, 2.24) is 0 Å². The van der Waals surface area contributed by atoms with E-state index in [-0.39, 0.29) is 27.8 Å². The van der Waals surface area contributed by atoms with E-state index in [1.165, 1.54) is 25.3 Å². The molecule has 5 aromatic rings. The normalized spacial score (nSPS) is 21.0. The Morgan fingerprint density at radius 3 is 2.29 bits per heavy atom. The number of furan rings is 1. The molecule has 0 N–H and O–H groups in total. The first-order valence-electron chi connectivity index (χ1n) is 13.5. The number of para-hydroxylation sites is 2. The van der Waals surface area contributed by atoms with Crippen molar-refractivity contribution in [2.45, 2.75) is 37.8 Å². The van der Waals surface area contributed by atoms with Gasteiger partial charge in [0, 0.05) is 32.4 Å². The predicted octanol–water partition coefficient (Wildman–Crippen LogP) is 9.25. The second-order valence-corrected chi connectivity index (χ2v) is 12.8. The van der Waals surface area contributed by atoms with Gasteiger partial charge >= 0.3 is 6.18 Å². The van der Waals surface area contributed by atoms with Gasteiger partial charge in [-0.15, -0.1) is 11.3 Å². The van der Waals surface area contributed by atoms with Crippen LogP contribution in [0.4, 0.5) is 29.5 Å². The van der Waals surface area contributed by atoms with Crippen LogP contribution in [-0.2, 0) is 10.8 Å². The van der Waals surface area contributed by atoms with Crippen molar-refractivity contribution in [3.8, 4) is 0 Å². The smallest absolute Gasteiger partial charge is 0.402 e. The van der Waals surface area contributed by atoms with Crippen molar-refractivity contribution in [2.24, 2.45) is 0 Å². The summed E-state index contributed by atoms with van der Waals surface area (Å²) in [7, 11) is 0. The fourth-order valence-corrected chi connectivity index (χ4v) is 8.09. The zero-order valence-corrected chi connectivity index (χ0v) is 23.5. The average Bonchev–Trinajstić information content (AvgIpc) is 3.65. The van der Waals surface area contributed by atoms with Gasteiger partial charge in [-0.05, 0) is 60.0 Å². The molecule has 0 saturated heterocycles. The fourth-order valence-electron chi connectivity index (χ4n) is 6.86. The molecule has 3 aromatic carbocycles. The van der Waals surface area contributed by atoms with E-state index in [1.807, 2.05) is 49.1 Å². The van der Waals surface area contributed by atoms with Gasteiger partial charge in [-0.25, -0.2) is 0 Å². The number of alkyl halides is 3. The number of carbonyl (C=O) groups excluding carboxylic acids is 2. The molecule has 1 unspecified atom stereocenters. The van der Waals surface area contributed by atoms with Gasteiger partial charge in [-0.1, -0.05) is 50.2 Å². The lowest BCUT2D eigenvalue weighted by molar-refractivity contribution is -0.173. The maximum absolute atomic E-state index is 15.2. The summed E-state index contributed by atoms with van der Waals surface area (Å²) < 4.78 is 51.1. The largest absolute Gasteiger partial charge is 0.464 e. The molecule has 3 aliphatic rings. The lowest BCUT2D eigenvalue weighted by Gasteiger charge is -2.49. The number of Topliss-reactive ketones (excluding diaryl/α,β-unsaturated/α-hetero) is 2. The monoisotopic (exact) mass is 581 g/mol. The molecule has 2 aliphatic heterocycles. The molecular weight excluding hydrogens is 559 g/mol. The highest BCUT2D eigenvalue weighted by Gasteiger charge is 2.60. The Morgan fingerprint density at radius 1 is 0.833 bits per heavy atom. The summed E-state index contributed by atoms with van der Waals surface area (Å²) in [6.45, 7) is 5.30. The first-order chi connectivity index (χ1) is 19.9. The van der Waals surface area contributed by atoms with Gasteiger partial charge in [0.25, 0.3) is 0 Å². The minimum Gasteiger partial charge on any atom is -0.464 e. The standard InChI is InChI=1S/C34H22F3NO3S/c1-32(2)22-7-4-5-10-26(22)38-28-23(32)8-6-9-24(28)33(3,34(35,36)37)25-15-18(42-31(25)38)14-21-29(39)19-13-17-11-12-41-27(17)16-20(19)30(21)40/h4-16H,1-3H3/b21-14-. The zero-order chi connectivity index (χ0) is 29.3. The number of allylic oxidation sites excluding steroid dienone is 1. The molecule has 4 nitrogen and oxygen atoms in total. The van der Waals surface area contributed by atoms with E-state index in [1.54, 1.807) is 30.3 Å². The van der Waals surface area contributed by atoms with E-state index in [0.717, 1.165) is 28.2 Å². The third-order valence-corrected chi connectivity index (χ3v) is 10.3. The Balaban J connectivity index is 1.37. The van der Waals surface area contributed by atoms with Crippen LogP contribution in [0.5, 0.6) is 0 Å². The number of thiophene rings is 1. The first-order valence-corrected chi connectivity index (χ1v) is 14.3. The Kier molecular flexibility index (Phi) is 4.75. The molecule has 0 saturated carbocycles. The maximum Gasteiger partial charge on any atom is 0.402 e. The number of ketones is 2. The lowest BCUT2D eigenvalue weighted by atomic mass is 9.66. The molecule has 208 valence electrons. The maximum atomic E-state index is 15.2. The number of anilines is 3. The van der Waals surface area contributed by atoms with E-state index < -0.39 is 28.6 Å². The number of benzene rings is 3. The average molecular weight is 582 g/mol. The second-order valence-electron chi connectivity index (χ2n) is 11.7. The van der Waals surface area contributed by atoms with E-state index >= 15 is 13.2 Å². The van der Waals surface area contributed by atoms with Crippen LogP contribution >= 0.6 is 11.3 Å². The number of rotatable bonds is 1. The number of hydrogen-bond acceptors (Lipinski definition) is 5. The summed E-state index contributed by atoms with van der Waals surface area (Å²) in [6, 6.07) is 19.3. The van der Waals surface area contributed by atoms with E-state index in [9.17, 15) is 9.59 Å². The number of fused-ring (bicyclic) bond motifs is 6. The van der Waals surface area contributed by atoms with Crippen LogP contribution in [0.2, 0.25) is 0 Å². The first kappa shape index (κ1) is 25.3. The SMILES string of the molecule is CC1(C)c2ccccc2N2c3sc(/C=C4/C(=O)c5cc6ccoc6cc5C4=O)cc3C(C)(C(F)(F)F)c3cccc1c32. The third-order valence-electron chi connectivity index (χ3n) is 9.19. The van der Waals surface area contributed by atoms with E-state index in [2.05, 4.69) is 0 Å². The molecule has 0 amide bonds. The van der Waals surface area contributed by atoms with Gasteiger partial charge < -0.3 is 9.32 Å². The van der Waals surface area contributed by atoms with Gasteiger partial charge in [-0.3, -0.25) is 9.59 Å². The molecule has 8 rings (SSSR count). The van der Waals surface area contributed by atoms with Crippen molar-refractivity contribution in [3.63, 3.8) is 0 Å². The van der Waals surface area contributed by atoms with Gasteiger partial charge in [0.1, 0.15) is 16.0 Å². The Labute approximate surface area is 242 Å². The summed E-state index contributed by atoms with van der Waals surface area (Å²) in [6.07, 6.45) is -1.68. The summed E-state index contributed by atoms with van der Waals surface area (Å²) in [4.78, 5) is 29.1. The van der Waals surface area contributed by atoms with Gasteiger partial charge in [-0.2, -0.15) is 13.2 Å². The van der Waals surface area contributed by atoms with Crippen LogP contribution in [0.25, 0.3) is 17.0 Å². The van der Waals surface area contributed by atoms with Crippen molar-refractivity contribution < 1.29 is 27.2 Å². The highest BCUT2D eigenvalue weighted by molar-refractivity contribution is 7.17. The predicted molar refractivity (Wildman–Crippen MR) is 156 cm³/mol. The molecule has 0 bridgehead atoms. The number of nitrogens with zero attached hydrogens (tertiary/aromatic N) is 1. The molecule has 0 fully saturated rings. The topological polar surface area (TPSA) is 50.5 Å². The molecule has 2 aromatic heterocycles. The summed E-state index contributed by atoms with van der Waals surface area (Å²) in [5.74, 6) is -0.910. The lowest BCUT2D eigenvalue weighted by Crippen LogP contribution is -2.46. The van der Waals surface area contributed by atoms with Gasteiger partial charge in [0.05, 0.1) is 23.2 Å². The number of halogens is 3. The number of hydrogen-bond donors (Lipinski definition) is 0. The van der Waals surface area contributed by atoms with Gasteiger partial charge in [0.2, 0.25) is 0 Å². The van der Waals surface area contributed by atoms with Crippen LogP contribution in [0.1, 0.15) is 68.6 Å². The molecule has 0 radical (unpaired) electrons. The van der Waals surface area contributed by atoms with E-state index in [4.69, 9.17) is 4.42 Å². The number of carbonyl (C=O) groups is 2. The van der Waals surface area contributed by atoms with Crippen LogP contribution in [0, 0.1) is 0 Å². The Morgan fingerprint density at radius 2 is 1.52 bits per heavy atom. The van der Waals surface area contributed by atoms with Crippen LogP contribution in [-0.4, -0.2) is 17.7 Å². The Hall–Kier alpha value is -4.43. The summed E-state index contributed by atoms with van der Waals surface area (Å²) >= 11 is 1.16. The molecule has 8 heteroatoms. The van der Waals surface area contributed by atoms with Crippen molar-refractivity contribution in [3.05, 3.63) is 117 Å². The Bertz CT molecular complexity index is 2030. The van der Waals surface area contributed by atoms with Crippen molar-refractivity contribution in [1.29, 1.82) is 0 Å². The summed E-state index contributed by atoms with van der Waals surface area (Å²) in [5.41, 5.74) is 1.54. The van der Waals surface area contributed by atoms with Crippen molar-refractivity contribution in [2.75, 3.05) is 4.90 Å². The zero-order valence-electron chi connectivity index (χ0n) is 22.7. The molecular formula is C34H22F3NO3S. The fraction of sp³-hybridized carbons (Fsp3) is 0.176. The van der Waals surface area contributed by atoms with Crippen LogP contribution in [0.3, 0.4) is 0 Å².